The van der Waals surface area contributed by atoms with Gasteiger partial charge in [-0.3, -0.25) is 19.7 Å². The first-order valence-corrected chi connectivity index (χ1v) is 11.2. The van der Waals surface area contributed by atoms with Gasteiger partial charge in [0.15, 0.2) is 0 Å². The molecule has 1 fully saturated rings. The lowest BCUT2D eigenvalue weighted by Crippen LogP contribution is -2.27. The van der Waals surface area contributed by atoms with Gasteiger partial charge in [-0.15, -0.1) is 0 Å². The largest absolute Gasteiger partial charge is 0.450 e. The molecule has 1 N–H and O–H groups in total. The number of ether oxygens (including phenoxy) is 1. The molecular weight excluding hydrogens is 458 g/mol. The smallest absolute Gasteiger partial charge is 0.313 e. The van der Waals surface area contributed by atoms with Crippen molar-refractivity contribution < 1.29 is 19.2 Å². The summed E-state index contributed by atoms with van der Waals surface area (Å²) in [5, 5.41) is 14.3. The van der Waals surface area contributed by atoms with Crippen LogP contribution in [0.25, 0.3) is 0 Å². The molecule has 1 aliphatic rings. The Bertz CT molecular complexity index is 1210. The molecular formula is C25H22ClN3O5. The van der Waals surface area contributed by atoms with Gasteiger partial charge in [-0.2, -0.15) is 0 Å². The van der Waals surface area contributed by atoms with Crippen molar-refractivity contribution in [2.24, 2.45) is 0 Å². The maximum absolute atomic E-state index is 12.5. The molecule has 2 amide bonds. The molecule has 0 bridgehead atoms. The van der Waals surface area contributed by atoms with Gasteiger partial charge in [-0.1, -0.05) is 23.7 Å². The van der Waals surface area contributed by atoms with E-state index in [0.717, 1.165) is 31.5 Å². The summed E-state index contributed by atoms with van der Waals surface area (Å²) in [6.07, 6.45) is 2.09. The van der Waals surface area contributed by atoms with Crippen LogP contribution in [0.1, 0.15) is 39.1 Å². The minimum absolute atomic E-state index is 0.0410. The van der Waals surface area contributed by atoms with E-state index in [1.54, 1.807) is 36.4 Å². The van der Waals surface area contributed by atoms with Gasteiger partial charge in [0.25, 0.3) is 11.8 Å². The Morgan fingerprint density at radius 1 is 0.971 bits per heavy atom. The van der Waals surface area contributed by atoms with Crippen molar-refractivity contribution in [2.75, 3.05) is 13.1 Å². The van der Waals surface area contributed by atoms with Gasteiger partial charge >= 0.3 is 5.69 Å². The number of amides is 2. The van der Waals surface area contributed by atoms with Crippen molar-refractivity contribution in [3.63, 3.8) is 0 Å². The molecule has 0 radical (unpaired) electrons. The van der Waals surface area contributed by atoms with Crippen LogP contribution in [-0.2, 0) is 6.54 Å². The maximum atomic E-state index is 12.5. The van der Waals surface area contributed by atoms with Crippen LogP contribution in [0.4, 0.5) is 5.69 Å². The molecule has 1 heterocycles. The number of carbonyl (C=O) groups is 2. The van der Waals surface area contributed by atoms with Gasteiger partial charge < -0.3 is 15.0 Å². The van der Waals surface area contributed by atoms with Crippen molar-refractivity contribution in [1.82, 2.24) is 10.2 Å². The molecule has 0 spiro atoms. The fraction of sp³-hybridized carbons (Fsp3) is 0.200. The number of carbonyl (C=O) groups excluding carboxylic acids is 2. The average molecular weight is 480 g/mol. The average Bonchev–Trinajstić information content (AvgIpc) is 3.39. The van der Waals surface area contributed by atoms with E-state index in [9.17, 15) is 19.7 Å². The summed E-state index contributed by atoms with van der Waals surface area (Å²) in [5.74, 6) is 0.166. The van der Waals surface area contributed by atoms with Crippen LogP contribution in [0.5, 0.6) is 11.5 Å². The Hall–Kier alpha value is -3.91. The van der Waals surface area contributed by atoms with Gasteiger partial charge in [0, 0.05) is 41.9 Å². The summed E-state index contributed by atoms with van der Waals surface area (Å²) in [6, 6.07) is 17.6. The van der Waals surface area contributed by atoms with Crippen LogP contribution in [0.3, 0.4) is 0 Å². The van der Waals surface area contributed by atoms with E-state index in [4.69, 9.17) is 16.3 Å². The Balaban J connectivity index is 1.33. The highest BCUT2D eigenvalue weighted by Gasteiger charge is 2.19. The predicted octanol–water partition coefficient (Wildman–Crippen LogP) is 5.21. The van der Waals surface area contributed by atoms with Crippen LogP contribution in [-0.4, -0.2) is 34.7 Å². The lowest BCUT2D eigenvalue weighted by Gasteiger charge is -2.15. The van der Waals surface area contributed by atoms with Gasteiger partial charge in [-0.05, 0) is 66.9 Å². The minimum Gasteiger partial charge on any atom is -0.450 e. The Kier molecular flexibility index (Phi) is 7.08. The van der Waals surface area contributed by atoms with E-state index in [2.05, 4.69) is 5.32 Å². The Morgan fingerprint density at radius 3 is 2.26 bits per heavy atom. The third-order valence-electron chi connectivity index (χ3n) is 5.51. The Morgan fingerprint density at radius 2 is 1.62 bits per heavy atom. The second-order valence-corrected chi connectivity index (χ2v) is 8.31. The first-order chi connectivity index (χ1) is 16.4. The molecule has 9 heteroatoms. The van der Waals surface area contributed by atoms with Gasteiger partial charge in [0.1, 0.15) is 5.75 Å². The van der Waals surface area contributed by atoms with Crippen LogP contribution in [0, 0.1) is 10.1 Å². The molecule has 1 saturated heterocycles. The highest BCUT2D eigenvalue weighted by Crippen LogP contribution is 2.33. The molecule has 34 heavy (non-hydrogen) atoms. The van der Waals surface area contributed by atoms with Crippen LogP contribution >= 0.6 is 11.6 Å². The third kappa shape index (κ3) is 5.52. The Labute approximate surface area is 201 Å². The van der Waals surface area contributed by atoms with Crippen LogP contribution in [0.2, 0.25) is 5.02 Å². The van der Waals surface area contributed by atoms with Gasteiger partial charge in [-0.25, -0.2) is 0 Å². The topological polar surface area (TPSA) is 102 Å². The van der Waals surface area contributed by atoms with Gasteiger partial charge in [0.2, 0.25) is 5.75 Å². The second kappa shape index (κ2) is 10.4. The van der Waals surface area contributed by atoms with E-state index >= 15 is 0 Å². The number of rotatable bonds is 7. The number of nitro benzene ring substituents is 1. The number of nitrogens with one attached hydrogen (secondary N) is 1. The first-order valence-electron chi connectivity index (χ1n) is 10.8. The molecule has 0 aliphatic carbocycles. The number of halogens is 1. The molecule has 0 aromatic heterocycles. The number of likely N-dealkylation sites (tertiary alicyclic amines) is 1. The third-order valence-corrected chi connectivity index (χ3v) is 5.74. The van der Waals surface area contributed by atoms with Crippen molar-refractivity contribution in [1.29, 1.82) is 0 Å². The number of nitrogens with zero attached hydrogens (tertiary/aromatic N) is 2. The maximum Gasteiger partial charge on any atom is 0.313 e. The molecule has 0 atom stereocenters. The van der Waals surface area contributed by atoms with Gasteiger partial charge in [0.05, 0.1) is 4.92 Å². The molecule has 1 aliphatic heterocycles. The fourth-order valence-corrected chi connectivity index (χ4v) is 3.84. The zero-order chi connectivity index (χ0) is 24.1. The highest BCUT2D eigenvalue weighted by atomic mass is 35.5. The highest BCUT2D eigenvalue weighted by molar-refractivity contribution is 6.30. The number of nitro groups is 1. The van der Waals surface area contributed by atoms with E-state index in [1.165, 1.54) is 18.2 Å². The van der Waals surface area contributed by atoms with Crippen molar-refractivity contribution in [3.05, 3.63) is 98.6 Å². The van der Waals surface area contributed by atoms with Crippen LogP contribution in [0.15, 0.2) is 66.7 Å². The molecule has 4 rings (SSSR count). The SMILES string of the molecule is O=C(NCc1ccc(C(=O)N2CCCC2)cc1)c1ccc(Oc2ccc(Cl)cc2[N+](=O)[O-])cc1. The number of hydrogen-bond acceptors (Lipinski definition) is 5. The second-order valence-electron chi connectivity index (χ2n) is 7.87. The van der Waals surface area contributed by atoms with Crippen molar-refractivity contribution >= 4 is 29.1 Å². The molecule has 3 aromatic rings. The summed E-state index contributed by atoms with van der Waals surface area (Å²) in [7, 11) is 0. The summed E-state index contributed by atoms with van der Waals surface area (Å²) >= 11 is 5.82. The normalized spacial score (nSPS) is 12.9. The molecule has 3 aromatic carbocycles. The lowest BCUT2D eigenvalue weighted by atomic mass is 10.1. The lowest BCUT2D eigenvalue weighted by molar-refractivity contribution is -0.385. The molecule has 174 valence electrons. The molecule has 0 saturated carbocycles. The van der Waals surface area contributed by atoms with Crippen LogP contribution < -0.4 is 10.1 Å². The quantitative estimate of drug-likeness (QED) is 0.370. The predicted molar refractivity (Wildman–Crippen MR) is 127 cm³/mol. The minimum atomic E-state index is -0.572. The van der Waals surface area contributed by atoms with Crippen molar-refractivity contribution in [2.45, 2.75) is 19.4 Å². The zero-order valence-corrected chi connectivity index (χ0v) is 19.0. The molecule has 8 nitrogen and oxygen atoms in total. The zero-order valence-electron chi connectivity index (χ0n) is 18.2. The first kappa shape index (κ1) is 23.3. The monoisotopic (exact) mass is 479 g/mol. The van der Waals surface area contributed by atoms with Crippen molar-refractivity contribution in [3.8, 4) is 11.5 Å². The number of hydrogen-bond donors (Lipinski definition) is 1. The van der Waals surface area contributed by atoms with E-state index in [1.807, 2.05) is 17.0 Å². The summed E-state index contributed by atoms with van der Waals surface area (Å²) in [5.41, 5.74) is 1.69. The standard InChI is InChI=1S/C25H22ClN3O5/c26-20-9-12-23(22(15-20)29(32)33)34-21-10-7-18(8-11-21)24(30)27-16-17-3-5-19(6-4-17)25(31)28-13-1-2-14-28/h3-12,15H,1-2,13-14,16H2,(H,27,30). The van der Waals surface area contributed by atoms with E-state index in [0.29, 0.717) is 23.4 Å². The summed E-state index contributed by atoms with van der Waals surface area (Å²) < 4.78 is 5.59. The molecule has 0 unspecified atom stereocenters. The summed E-state index contributed by atoms with van der Waals surface area (Å²) in [6.45, 7) is 1.92. The number of benzene rings is 3. The fourth-order valence-electron chi connectivity index (χ4n) is 3.67. The van der Waals surface area contributed by atoms with E-state index < -0.39 is 4.92 Å². The van der Waals surface area contributed by atoms with E-state index in [-0.39, 0.29) is 28.3 Å². The summed E-state index contributed by atoms with van der Waals surface area (Å²) in [4.78, 5) is 37.4.